The van der Waals surface area contributed by atoms with E-state index in [0.29, 0.717) is 34.9 Å². The van der Waals surface area contributed by atoms with Crippen molar-refractivity contribution in [2.75, 3.05) is 19.0 Å². The van der Waals surface area contributed by atoms with Crippen molar-refractivity contribution in [3.63, 3.8) is 0 Å². The maximum Gasteiger partial charge on any atom is 0.342 e. The van der Waals surface area contributed by atoms with Crippen molar-refractivity contribution in [2.45, 2.75) is 20.4 Å². The Morgan fingerprint density at radius 1 is 1.03 bits per heavy atom. The molecule has 1 amide bonds. The smallest absolute Gasteiger partial charge is 0.342 e. The van der Waals surface area contributed by atoms with Gasteiger partial charge in [0, 0.05) is 0 Å². The number of methoxy groups -OCH3 is 1. The second-order valence-electron chi connectivity index (χ2n) is 6.51. The van der Waals surface area contributed by atoms with Crippen LogP contribution >= 0.6 is 0 Å². The van der Waals surface area contributed by atoms with Crippen LogP contribution in [0, 0.1) is 13.8 Å². The van der Waals surface area contributed by atoms with Crippen LogP contribution in [0.5, 0.6) is 5.75 Å². The average molecular weight is 393 g/mol. The van der Waals surface area contributed by atoms with Crippen LogP contribution in [0.4, 0.5) is 5.69 Å². The maximum atomic E-state index is 12.6. The molecule has 0 saturated heterocycles. The molecule has 1 N–H and O–H groups in total. The first-order valence-electron chi connectivity index (χ1n) is 9.17. The predicted molar refractivity (Wildman–Crippen MR) is 109 cm³/mol. The molecule has 0 fully saturated rings. The van der Waals surface area contributed by atoms with E-state index in [4.69, 9.17) is 9.47 Å². The molecule has 1 heterocycles. The molecule has 7 heteroatoms. The third-order valence-electron chi connectivity index (χ3n) is 4.48. The van der Waals surface area contributed by atoms with Crippen LogP contribution in [-0.4, -0.2) is 35.4 Å². The fraction of sp³-hybridized carbons (Fsp3) is 0.227. The molecule has 0 radical (unpaired) electrons. The second-order valence-corrected chi connectivity index (χ2v) is 6.51. The summed E-state index contributed by atoms with van der Waals surface area (Å²) in [6, 6.07) is 16.9. The lowest BCUT2D eigenvalue weighted by Crippen LogP contribution is -2.21. The van der Waals surface area contributed by atoms with Crippen LogP contribution in [0.25, 0.3) is 0 Å². The van der Waals surface area contributed by atoms with E-state index in [2.05, 4.69) is 10.4 Å². The number of carbonyl (C=O) groups excluding carboxylic acids is 2. The number of aromatic nitrogens is 2. The molecule has 1 aromatic heterocycles. The van der Waals surface area contributed by atoms with Gasteiger partial charge in [-0.25, -0.2) is 4.79 Å². The van der Waals surface area contributed by atoms with E-state index in [-0.39, 0.29) is 0 Å². The molecule has 0 bridgehead atoms. The summed E-state index contributed by atoms with van der Waals surface area (Å²) in [4.78, 5) is 24.7. The summed E-state index contributed by atoms with van der Waals surface area (Å²) in [7, 11) is 1.52. The van der Waals surface area contributed by atoms with Gasteiger partial charge >= 0.3 is 5.97 Å². The molecule has 7 nitrogen and oxygen atoms in total. The highest BCUT2D eigenvalue weighted by molar-refractivity contribution is 5.97. The van der Waals surface area contributed by atoms with E-state index >= 15 is 0 Å². The molecule has 150 valence electrons. The van der Waals surface area contributed by atoms with Gasteiger partial charge in [0.25, 0.3) is 5.91 Å². The number of carbonyl (C=O) groups is 2. The van der Waals surface area contributed by atoms with Crippen LogP contribution in [0.3, 0.4) is 0 Å². The van der Waals surface area contributed by atoms with E-state index in [1.54, 1.807) is 35.9 Å². The van der Waals surface area contributed by atoms with Crippen LogP contribution < -0.4 is 10.1 Å². The largest absolute Gasteiger partial charge is 0.495 e. The predicted octanol–water partition coefficient (Wildman–Crippen LogP) is 3.35. The summed E-state index contributed by atoms with van der Waals surface area (Å²) in [6.45, 7) is 3.71. The highest BCUT2D eigenvalue weighted by Gasteiger charge is 2.21. The van der Waals surface area contributed by atoms with E-state index in [1.165, 1.54) is 7.11 Å². The Morgan fingerprint density at radius 2 is 1.72 bits per heavy atom. The van der Waals surface area contributed by atoms with Crippen molar-refractivity contribution >= 4 is 17.6 Å². The molecular weight excluding hydrogens is 370 g/mol. The molecule has 0 atom stereocenters. The van der Waals surface area contributed by atoms with Gasteiger partial charge in [0.1, 0.15) is 11.3 Å². The van der Waals surface area contributed by atoms with Gasteiger partial charge in [-0.2, -0.15) is 5.10 Å². The lowest BCUT2D eigenvalue weighted by atomic mass is 10.2. The maximum absolute atomic E-state index is 12.6. The zero-order chi connectivity index (χ0) is 20.8. The number of esters is 1. The summed E-state index contributed by atoms with van der Waals surface area (Å²) < 4.78 is 12.2. The highest BCUT2D eigenvalue weighted by Crippen LogP contribution is 2.23. The second kappa shape index (κ2) is 9.05. The van der Waals surface area contributed by atoms with Gasteiger partial charge in [-0.15, -0.1) is 0 Å². The van der Waals surface area contributed by atoms with Gasteiger partial charge in [0.15, 0.2) is 6.61 Å². The van der Waals surface area contributed by atoms with Gasteiger partial charge in [0.05, 0.1) is 30.7 Å². The Labute approximate surface area is 169 Å². The summed E-state index contributed by atoms with van der Waals surface area (Å²) in [5, 5.41) is 7.12. The monoisotopic (exact) mass is 393 g/mol. The normalized spacial score (nSPS) is 10.4. The summed E-state index contributed by atoms with van der Waals surface area (Å²) in [6.07, 6.45) is 0. The third kappa shape index (κ3) is 4.82. The SMILES string of the molecule is COc1ccccc1NC(=O)COC(=O)c1c(C)nn(Cc2ccccc2)c1C. The van der Waals surface area contributed by atoms with Crippen molar-refractivity contribution in [3.8, 4) is 5.75 Å². The minimum atomic E-state index is -0.575. The van der Waals surface area contributed by atoms with E-state index in [1.807, 2.05) is 37.3 Å². The number of para-hydroxylation sites is 2. The summed E-state index contributed by atoms with van der Waals surface area (Å²) in [5.41, 5.74) is 3.23. The first kappa shape index (κ1) is 20.1. The fourth-order valence-electron chi connectivity index (χ4n) is 3.04. The number of hydrogen-bond acceptors (Lipinski definition) is 5. The lowest BCUT2D eigenvalue weighted by molar-refractivity contribution is -0.119. The van der Waals surface area contributed by atoms with Crippen molar-refractivity contribution in [2.24, 2.45) is 0 Å². The van der Waals surface area contributed by atoms with Crippen LogP contribution in [0.1, 0.15) is 27.3 Å². The standard InChI is InChI=1S/C22H23N3O4/c1-15-21(16(2)25(24-15)13-17-9-5-4-6-10-17)22(27)29-14-20(26)23-18-11-7-8-12-19(18)28-3/h4-12H,13-14H2,1-3H3,(H,23,26). The Bertz CT molecular complexity index is 1010. The van der Waals surface area contributed by atoms with E-state index in [9.17, 15) is 9.59 Å². The van der Waals surface area contributed by atoms with Crippen molar-refractivity contribution in [1.82, 2.24) is 9.78 Å². The summed E-state index contributed by atoms with van der Waals surface area (Å²) >= 11 is 0. The zero-order valence-electron chi connectivity index (χ0n) is 16.6. The first-order valence-corrected chi connectivity index (χ1v) is 9.17. The topological polar surface area (TPSA) is 82.4 Å². The van der Waals surface area contributed by atoms with Crippen molar-refractivity contribution in [3.05, 3.63) is 77.1 Å². The summed E-state index contributed by atoms with van der Waals surface area (Å²) in [5.74, 6) is -0.495. The molecule has 0 saturated carbocycles. The quantitative estimate of drug-likeness (QED) is 0.623. The van der Waals surface area contributed by atoms with Gasteiger partial charge < -0.3 is 14.8 Å². The number of aryl methyl sites for hydroxylation is 1. The number of hydrogen-bond donors (Lipinski definition) is 1. The Morgan fingerprint density at radius 3 is 2.45 bits per heavy atom. The Kier molecular flexibility index (Phi) is 6.29. The number of benzene rings is 2. The van der Waals surface area contributed by atoms with Crippen LogP contribution in [-0.2, 0) is 16.1 Å². The minimum Gasteiger partial charge on any atom is -0.495 e. The molecular formula is C22H23N3O4. The number of amides is 1. The third-order valence-corrected chi connectivity index (χ3v) is 4.48. The van der Waals surface area contributed by atoms with Crippen LogP contribution in [0.2, 0.25) is 0 Å². The van der Waals surface area contributed by atoms with E-state index < -0.39 is 18.5 Å². The molecule has 0 aliphatic carbocycles. The zero-order valence-corrected chi connectivity index (χ0v) is 16.6. The number of rotatable bonds is 7. The molecule has 0 aliphatic rings. The van der Waals surface area contributed by atoms with Gasteiger partial charge in [0.2, 0.25) is 0 Å². The first-order chi connectivity index (χ1) is 14.0. The van der Waals surface area contributed by atoms with Crippen molar-refractivity contribution in [1.29, 1.82) is 0 Å². The van der Waals surface area contributed by atoms with E-state index in [0.717, 1.165) is 5.56 Å². The van der Waals surface area contributed by atoms with Gasteiger partial charge in [-0.05, 0) is 31.5 Å². The van der Waals surface area contributed by atoms with Gasteiger partial charge in [-0.1, -0.05) is 42.5 Å². The number of nitrogens with one attached hydrogen (secondary N) is 1. The molecule has 0 spiro atoms. The molecule has 0 aliphatic heterocycles. The molecule has 2 aromatic carbocycles. The Hall–Kier alpha value is -3.61. The lowest BCUT2D eigenvalue weighted by Gasteiger charge is -2.10. The van der Waals surface area contributed by atoms with Crippen molar-refractivity contribution < 1.29 is 19.1 Å². The van der Waals surface area contributed by atoms with Crippen LogP contribution in [0.15, 0.2) is 54.6 Å². The number of ether oxygens (including phenoxy) is 2. The fourth-order valence-corrected chi connectivity index (χ4v) is 3.04. The van der Waals surface area contributed by atoms with Gasteiger partial charge in [-0.3, -0.25) is 9.48 Å². The average Bonchev–Trinajstić information content (AvgIpc) is 3.00. The number of nitrogens with zero attached hydrogens (tertiary/aromatic N) is 2. The molecule has 29 heavy (non-hydrogen) atoms. The minimum absolute atomic E-state index is 0.381. The number of anilines is 1. The Balaban J connectivity index is 1.64. The molecule has 3 rings (SSSR count). The highest BCUT2D eigenvalue weighted by atomic mass is 16.5. The molecule has 0 unspecified atom stereocenters. The molecule has 3 aromatic rings.